The van der Waals surface area contributed by atoms with Crippen molar-refractivity contribution < 1.29 is 4.74 Å². The molecule has 120 valence electrons. The van der Waals surface area contributed by atoms with E-state index in [1.54, 1.807) is 7.11 Å². The summed E-state index contributed by atoms with van der Waals surface area (Å²) in [6, 6.07) is 9.18. The average molecular weight is 366 g/mol. The molecule has 0 amide bonds. The molecule has 2 fully saturated rings. The molecule has 1 heterocycles. The fourth-order valence-electron chi connectivity index (χ4n) is 3.29. The van der Waals surface area contributed by atoms with Crippen LogP contribution in [0.15, 0.2) is 33.7 Å². The molecular weight excluding hydrogens is 342 g/mol. The molecule has 0 bridgehead atoms. The summed E-state index contributed by atoms with van der Waals surface area (Å²) in [5.41, 5.74) is 1.41. The molecule has 4 nitrogen and oxygen atoms in total. The molecule has 1 aliphatic carbocycles. The van der Waals surface area contributed by atoms with E-state index in [-0.39, 0.29) is 0 Å². The van der Waals surface area contributed by atoms with Crippen LogP contribution in [0.1, 0.15) is 24.3 Å². The first-order valence-electron chi connectivity index (χ1n) is 7.94. The number of hydrogen-bond acceptors (Lipinski definition) is 2. The number of rotatable bonds is 4. The van der Waals surface area contributed by atoms with Gasteiger partial charge >= 0.3 is 0 Å². The molecule has 3 rings (SSSR count). The number of likely N-dealkylation sites (tertiary alicyclic amines) is 1. The number of benzene rings is 1. The highest BCUT2D eigenvalue weighted by Gasteiger charge is 2.40. The Morgan fingerprint density at radius 1 is 1.41 bits per heavy atom. The van der Waals surface area contributed by atoms with Crippen molar-refractivity contribution in [1.82, 2.24) is 10.2 Å². The maximum atomic E-state index is 5.27. The van der Waals surface area contributed by atoms with E-state index in [1.807, 2.05) is 7.05 Å². The van der Waals surface area contributed by atoms with Crippen molar-refractivity contribution >= 4 is 21.9 Å². The Labute approximate surface area is 141 Å². The molecule has 5 heteroatoms. The third kappa shape index (κ3) is 3.63. The number of ether oxygens (including phenoxy) is 1. The topological polar surface area (TPSA) is 36.9 Å². The molecule has 3 unspecified atom stereocenters. The Hall–Kier alpha value is -1.07. The van der Waals surface area contributed by atoms with Crippen LogP contribution >= 0.6 is 15.9 Å². The van der Waals surface area contributed by atoms with E-state index in [1.165, 1.54) is 18.4 Å². The van der Waals surface area contributed by atoms with Crippen LogP contribution in [0.25, 0.3) is 0 Å². The minimum absolute atomic E-state index is 0.515. The summed E-state index contributed by atoms with van der Waals surface area (Å²) < 4.78 is 6.41. The van der Waals surface area contributed by atoms with Crippen LogP contribution in [0.4, 0.5) is 0 Å². The highest BCUT2D eigenvalue weighted by atomic mass is 79.9. The molecule has 2 aliphatic rings. The van der Waals surface area contributed by atoms with Crippen LogP contribution in [0.5, 0.6) is 0 Å². The molecule has 1 aliphatic heterocycles. The SMILES string of the molecule is CN=C(NC1CC1c1ccc(Br)cc1)N1CCC(COC)C1. The lowest BCUT2D eigenvalue weighted by molar-refractivity contribution is 0.157. The minimum Gasteiger partial charge on any atom is -0.384 e. The normalized spacial score (nSPS) is 28.0. The van der Waals surface area contributed by atoms with Gasteiger partial charge in [0.2, 0.25) is 0 Å². The molecule has 0 radical (unpaired) electrons. The number of guanidine groups is 1. The Kier molecular flexibility index (Phi) is 5.03. The van der Waals surface area contributed by atoms with Gasteiger partial charge in [0.1, 0.15) is 0 Å². The number of nitrogens with zero attached hydrogens (tertiary/aromatic N) is 2. The van der Waals surface area contributed by atoms with Crippen LogP contribution in [0.3, 0.4) is 0 Å². The highest BCUT2D eigenvalue weighted by molar-refractivity contribution is 9.10. The molecule has 1 saturated heterocycles. The van der Waals surface area contributed by atoms with Crippen molar-refractivity contribution in [2.75, 3.05) is 33.9 Å². The van der Waals surface area contributed by atoms with Crippen molar-refractivity contribution in [3.8, 4) is 0 Å². The van der Waals surface area contributed by atoms with E-state index in [2.05, 4.69) is 55.4 Å². The van der Waals surface area contributed by atoms with E-state index in [0.717, 1.165) is 30.1 Å². The van der Waals surface area contributed by atoms with Gasteiger partial charge in [-0.25, -0.2) is 0 Å². The van der Waals surface area contributed by atoms with Gasteiger partial charge in [0, 0.05) is 49.6 Å². The third-order valence-electron chi connectivity index (χ3n) is 4.60. The van der Waals surface area contributed by atoms with Gasteiger partial charge in [0.25, 0.3) is 0 Å². The maximum Gasteiger partial charge on any atom is 0.193 e. The molecule has 22 heavy (non-hydrogen) atoms. The molecule has 1 aromatic carbocycles. The third-order valence-corrected chi connectivity index (χ3v) is 5.13. The summed E-state index contributed by atoms with van der Waals surface area (Å²) in [6.45, 7) is 2.96. The summed E-state index contributed by atoms with van der Waals surface area (Å²) in [5, 5.41) is 3.63. The van der Waals surface area contributed by atoms with Crippen LogP contribution in [0.2, 0.25) is 0 Å². The standard InChI is InChI=1S/C17H24BrN3O/c1-19-17(21-8-7-12(10-21)11-22-2)20-16-9-15(16)13-3-5-14(18)6-4-13/h3-6,12,15-16H,7-11H2,1-2H3,(H,19,20). The molecule has 1 N–H and O–H groups in total. The number of hydrogen-bond donors (Lipinski definition) is 1. The lowest BCUT2D eigenvalue weighted by atomic mass is 10.1. The maximum absolute atomic E-state index is 5.27. The fraction of sp³-hybridized carbons (Fsp3) is 0.588. The number of aliphatic imine (C=N–C) groups is 1. The van der Waals surface area contributed by atoms with Crippen LogP contribution in [-0.2, 0) is 4.74 Å². The van der Waals surface area contributed by atoms with Crippen LogP contribution in [0, 0.1) is 5.92 Å². The van der Waals surface area contributed by atoms with Crippen LogP contribution < -0.4 is 5.32 Å². The summed E-state index contributed by atoms with van der Waals surface area (Å²) >= 11 is 3.49. The Bertz CT molecular complexity index is 531. The first-order chi connectivity index (χ1) is 10.7. The fourth-order valence-corrected chi connectivity index (χ4v) is 3.56. The molecule has 1 saturated carbocycles. The van der Waals surface area contributed by atoms with Gasteiger partial charge in [-0.2, -0.15) is 0 Å². The van der Waals surface area contributed by atoms with E-state index >= 15 is 0 Å². The van der Waals surface area contributed by atoms with Gasteiger partial charge in [-0.3, -0.25) is 4.99 Å². The second-order valence-corrected chi connectivity index (χ2v) is 7.16. The Morgan fingerprint density at radius 3 is 2.86 bits per heavy atom. The molecule has 3 atom stereocenters. The van der Waals surface area contributed by atoms with Gasteiger partial charge in [-0.1, -0.05) is 28.1 Å². The van der Waals surface area contributed by atoms with Crippen molar-refractivity contribution in [1.29, 1.82) is 0 Å². The summed E-state index contributed by atoms with van der Waals surface area (Å²) in [7, 11) is 3.66. The second kappa shape index (κ2) is 7.01. The summed E-state index contributed by atoms with van der Waals surface area (Å²) in [4.78, 5) is 6.83. The van der Waals surface area contributed by atoms with Crippen molar-refractivity contribution in [3.05, 3.63) is 34.3 Å². The zero-order valence-electron chi connectivity index (χ0n) is 13.3. The van der Waals surface area contributed by atoms with Crippen molar-refractivity contribution in [2.24, 2.45) is 10.9 Å². The largest absolute Gasteiger partial charge is 0.384 e. The summed E-state index contributed by atoms with van der Waals surface area (Å²) in [5.74, 6) is 2.29. The quantitative estimate of drug-likeness (QED) is 0.658. The van der Waals surface area contributed by atoms with Gasteiger partial charge in [0.05, 0.1) is 6.61 Å². The number of halogens is 1. The number of nitrogens with one attached hydrogen (secondary N) is 1. The average Bonchev–Trinajstić information content (AvgIpc) is 3.14. The van der Waals surface area contributed by atoms with Gasteiger partial charge < -0.3 is 15.0 Å². The lowest BCUT2D eigenvalue weighted by Gasteiger charge is -2.22. The van der Waals surface area contributed by atoms with E-state index in [9.17, 15) is 0 Å². The molecule has 1 aromatic rings. The zero-order valence-corrected chi connectivity index (χ0v) is 14.8. The monoisotopic (exact) mass is 365 g/mol. The van der Waals surface area contributed by atoms with Gasteiger partial charge in [-0.15, -0.1) is 0 Å². The first-order valence-corrected chi connectivity index (χ1v) is 8.73. The smallest absolute Gasteiger partial charge is 0.193 e. The minimum atomic E-state index is 0.515. The van der Waals surface area contributed by atoms with E-state index in [4.69, 9.17) is 4.74 Å². The Morgan fingerprint density at radius 2 is 2.18 bits per heavy atom. The van der Waals surface area contributed by atoms with Gasteiger partial charge in [0.15, 0.2) is 5.96 Å². The Balaban J connectivity index is 1.53. The zero-order chi connectivity index (χ0) is 15.5. The highest BCUT2D eigenvalue weighted by Crippen LogP contribution is 2.41. The predicted octanol–water partition coefficient (Wildman–Crippen LogP) is 2.85. The lowest BCUT2D eigenvalue weighted by Crippen LogP contribution is -2.41. The first kappa shape index (κ1) is 15.8. The van der Waals surface area contributed by atoms with Crippen LogP contribution in [-0.4, -0.2) is 50.8 Å². The van der Waals surface area contributed by atoms with Crippen molar-refractivity contribution in [2.45, 2.75) is 24.8 Å². The molecule has 0 spiro atoms. The summed E-state index contributed by atoms with van der Waals surface area (Å²) in [6.07, 6.45) is 2.38. The van der Waals surface area contributed by atoms with Gasteiger partial charge in [-0.05, 0) is 30.5 Å². The molecule has 0 aromatic heterocycles. The molecular formula is C17H24BrN3O. The van der Waals surface area contributed by atoms with Crippen molar-refractivity contribution in [3.63, 3.8) is 0 Å². The van der Waals surface area contributed by atoms with E-state index < -0.39 is 0 Å². The number of methoxy groups -OCH3 is 1. The van der Waals surface area contributed by atoms with E-state index in [0.29, 0.717) is 17.9 Å². The predicted molar refractivity (Wildman–Crippen MR) is 93.3 cm³/mol. The second-order valence-electron chi connectivity index (χ2n) is 6.25.